The Morgan fingerprint density at radius 3 is 2.62 bits per heavy atom. The Balaban J connectivity index is 2.95. The van der Waals surface area contributed by atoms with Crippen LogP contribution in [0.5, 0.6) is 0 Å². The molecule has 0 aliphatic rings. The fraction of sp³-hybridized carbons (Fsp3) is 0.273. The van der Waals surface area contributed by atoms with Crippen molar-refractivity contribution in [3.8, 4) is 6.07 Å². The SMILES string of the molecule is Cc1cc(Cl)c(NC(=O)C(C)C#N)cc1Cl. The number of aryl methyl sites for hydroxylation is 1. The smallest absolute Gasteiger partial charge is 0.241 e. The van der Waals surface area contributed by atoms with Gasteiger partial charge in [0, 0.05) is 5.02 Å². The number of benzene rings is 1. The van der Waals surface area contributed by atoms with Crippen molar-refractivity contribution in [1.82, 2.24) is 0 Å². The number of nitrogens with zero attached hydrogens (tertiary/aromatic N) is 1. The topological polar surface area (TPSA) is 52.9 Å². The van der Waals surface area contributed by atoms with Crippen LogP contribution in [0, 0.1) is 24.2 Å². The van der Waals surface area contributed by atoms with E-state index in [-0.39, 0.29) is 0 Å². The summed E-state index contributed by atoms with van der Waals surface area (Å²) in [4.78, 5) is 11.5. The van der Waals surface area contributed by atoms with Crippen LogP contribution >= 0.6 is 23.2 Å². The molecule has 0 fully saturated rings. The maximum atomic E-state index is 11.5. The predicted octanol–water partition coefficient (Wildman–Crippen LogP) is 3.40. The highest BCUT2D eigenvalue weighted by Gasteiger charge is 2.14. The molecule has 0 radical (unpaired) electrons. The summed E-state index contributed by atoms with van der Waals surface area (Å²) in [7, 11) is 0. The molecule has 1 aromatic carbocycles. The Bertz CT molecular complexity index is 466. The molecule has 16 heavy (non-hydrogen) atoms. The number of anilines is 1. The summed E-state index contributed by atoms with van der Waals surface area (Å²) in [5.41, 5.74) is 1.25. The Kier molecular flexibility index (Phi) is 4.17. The van der Waals surface area contributed by atoms with Gasteiger partial charge in [0.25, 0.3) is 0 Å². The van der Waals surface area contributed by atoms with E-state index in [2.05, 4.69) is 5.32 Å². The van der Waals surface area contributed by atoms with Crippen LogP contribution in [0.1, 0.15) is 12.5 Å². The third-order valence-corrected chi connectivity index (χ3v) is 2.81. The quantitative estimate of drug-likeness (QED) is 0.882. The third-order valence-electron chi connectivity index (χ3n) is 2.09. The van der Waals surface area contributed by atoms with E-state index in [1.54, 1.807) is 12.1 Å². The van der Waals surface area contributed by atoms with Crippen molar-refractivity contribution in [1.29, 1.82) is 5.26 Å². The zero-order chi connectivity index (χ0) is 12.3. The molecule has 0 aromatic heterocycles. The first-order chi connectivity index (χ1) is 7.45. The van der Waals surface area contributed by atoms with Crippen molar-refractivity contribution < 1.29 is 4.79 Å². The van der Waals surface area contributed by atoms with Crippen LogP contribution in [-0.2, 0) is 4.79 Å². The Hall–Kier alpha value is -1.24. The molecule has 0 bridgehead atoms. The lowest BCUT2D eigenvalue weighted by Crippen LogP contribution is -2.19. The molecule has 1 unspecified atom stereocenters. The minimum Gasteiger partial charge on any atom is -0.324 e. The molecule has 1 N–H and O–H groups in total. The number of carbonyl (C=O) groups excluding carboxylic acids is 1. The van der Waals surface area contributed by atoms with Gasteiger partial charge in [-0.2, -0.15) is 5.26 Å². The lowest BCUT2D eigenvalue weighted by Gasteiger charge is -2.09. The van der Waals surface area contributed by atoms with Crippen LogP contribution in [-0.4, -0.2) is 5.91 Å². The molecule has 0 saturated carbocycles. The average molecular weight is 257 g/mol. The maximum absolute atomic E-state index is 11.5. The predicted molar refractivity (Wildman–Crippen MR) is 64.6 cm³/mol. The van der Waals surface area contributed by atoms with Gasteiger partial charge >= 0.3 is 0 Å². The van der Waals surface area contributed by atoms with E-state index in [4.69, 9.17) is 28.5 Å². The van der Waals surface area contributed by atoms with Gasteiger partial charge < -0.3 is 5.32 Å². The zero-order valence-electron chi connectivity index (χ0n) is 8.84. The van der Waals surface area contributed by atoms with Crippen LogP contribution in [0.3, 0.4) is 0 Å². The minimum absolute atomic E-state index is 0.399. The maximum Gasteiger partial charge on any atom is 0.241 e. The van der Waals surface area contributed by atoms with Gasteiger partial charge in [-0.05, 0) is 31.5 Å². The van der Waals surface area contributed by atoms with Gasteiger partial charge in [0.2, 0.25) is 5.91 Å². The van der Waals surface area contributed by atoms with Gasteiger partial charge in [-0.15, -0.1) is 0 Å². The number of amides is 1. The van der Waals surface area contributed by atoms with Crippen molar-refractivity contribution in [3.05, 3.63) is 27.7 Å². The molecule has 3 nitrogen and oxygen atoms in total. The number of nitrogens with one attached hydrogen (secondary N) is 1. The first-order valence-electron chi connectivity index (χ1n) is 4.62. The number of rotatable bonds is 2. The average Bonchev–Trinajstić information content (AvgIpc) is 2.24. The van der Waals surface area contributed by atoms with Crippen LogP contribution < -0.4 is 5.32 Å². The fourth-order valence-corrected chi connectivity index (χ4v) is 1.47. The van der Waals surface area contributed by atoms with Crippen molar-refractivity contribution in [3.63, 3.8) is 0 Å². The molecule has 0 spiro atoms. The Morgan fingerprint density at radius 1 is 1.44 bits per heavy atom. The molecule has 0 aliphatic carbocycles. The Labute approximate surface area is 104 Å². The van der Waals surface area contributed by atoms with Crippen molar-refractivity contribution in [2.24, 2.45) is 5.92 Å². The van der Waals surface area contributed by atoms with E-state index in [9.17, 15) is 4.79 Å². The standard InChI is InChI=1S/C11H10Cl2N2O/c1-6-3-9(13)10(4-8(6)12)15-11(16)7(2)5-14/h3-4,7H,1-2H3,(H,15,16). The summed E-state index contributed by atoms with van der Waals surface area (Å²) in [6.45, 7) is 3.33. The highest BCUT2D eigenvalue weighted by molar-refractivity contribution is 6.36. The van der Waals surface area contributed by atoms with E-state index in [0.717, 1.165) is 5.56 Å². The number of hydrogen-bond acceptors (Lipinski definition) is 2. The largest absolute Gasteiger partial charge is 0.324 e. The summed E-state index contributed by atoms with van der Waals surface area (Å²) in [5.74, 6) is -1.12. The van der Waals surface area contributed by atoms with E-state index < -0.39 is 11.8 Å². The number of halogens is 2. The van der Waals surface area contributed by atoms with Crippen LogP contribution in [0.15, 0.2) is 12.1 Å². The molecule has 5 heteroatoms. The van der Waals surface area contributed by atoms with Gasteiger partial charge in [-0.3, -0.25) is 4.79 Å². The molecular weight excluding hydrogens is 247 g/mol. The normalized spacial score (nSPS) is 11.7. The second-order valence-electron chi connectivity index (χ2n) is 3.42. The van der Waals surface area contributed by atoms with Gasteiger partial charge in [0.05, 0.1) is 16.8 Å². The molecule has 0 saturated heterocycles. The van der Waals surface area contributed by atoms with E-state index in [1.807, 2.05) is 13.0 Å². The third kappa shape index (κ3) is 2.88. The number of hydrogen-bond donors (Lipinski definition) is 1. The zero-order valence-corrected chi connectivity index (χ0v) is 10.4. The second kappa shape index (κ2) is 5.20. The van der Waals surface area contributed by atoms with Gasteiger partial charge in [0.1, 0.15) is 5.92 Å². The number of nitriles is 1. The number of carbonyl (C=O) groups is 1. The first kappa shape index (κ1) is 12.8. The first-order valence-corrected chi connectivity index (χ1v) is 5.37. The molecule has 1 rings (SSSR count). The van der Waals surface area contributed by atoms with Crippen molar-refractivity contribution in [2.45, 2.75) is 13.8 Å². The van der Waals surface area contributed by atoms with E-state index in [0.29, 0.717) is 15.7 Å². The highest BCUT2D eigenvalue weighted by atomic mass is 35.5. The second-order valence-corrected chi connectivity index (χ2v) is 4.24. The summed E-state index contributed by atoms with van der Waals surface area (Å²) >= 11 is 11.8. The highest BCUT2D eigenvalue weighted by Crippen LogP contribution is 2.28. The molecule has 1 aromatic rings. The van der Waals surface area contributed by atoms with Crippen LogP contribution in [0.2, 0.25) is 10.0 Å². The Morgan fingerprint density at radius 2 is 2.06 bits per heavy atom. The lowest BCUT2D eigenvalue weighted by atomic mass is 10.2. The molecule has 84 valence electrons. The molecule has 0 aliphatic heterocycles. The van der Waals surface area contributed by atoms with Crippen LogP contribution in [0.4, 0.5) is 5.69 Å². The van der Waals surface area contributed by atoms with Crippen LogP contribution in [0.25, 0.3) is 0 Å². The van der Waals surface area contributed by atoms with Crippen molar-refractivity contribution >= 4 is 34.8 Å². The monoisotopic (exact) mass is 256 g/mol. The fourth-order valence-electron chi connectivity index (χ4n) is 1.04. The molecular formula is C11H10Cl2N2O. The summed E-state index contributed by atoms with van der Waals surface area (Å²) < 4.78 is 0. The van der Waals surface area contributed by atoms with E-state index in [1.165, 1.54) is 6.92 Å². The molecule has 0 heterocycles. The molecule has 1 atom stereocenters. The summed E-state index contributed by atoms with van der Waals surface area (Å²) in [6.07, 6.45) is 0. The molecule has 1 amide bonds. The van der Waals surface area contributed by atoms with Gasteiger partial charge in [-0.25, -0.2) is 0 Å². The lowest BCUT2D eigenvalue weighted by molar-refractivity contribution is -0.117. The van der Waals surface area contributed by atoms with Gasteiger partial charge in [-0.1, -0.05) is 23.2 Å². The van der Waals surface area contributed by atoms with E-state index >= 15 is 0 Å². The van der Waals surface area contributed by atoms with Gasteiger partial charge in [0.15, 0.2) is 0 Å². The summed E-state index contributed by atoms with van der Waals surface area (Å²) in [6, 6.07) is 5.08. The van der Waals surface area contributed by atoms with Crippen molar-refractivity contribution in [2.75, 3.05) is 5.32 Å². The minimum atomic E-state index is -0.726. The summed E-state index contributed by atoms with van der Waals surface area (Å²) in [5, 5.41) is 12.1.